The van der Waals surface area contributed by atoms with Crippen molar-refractivity contribution in [3.63, 3.8) is 0 Å². The molecule has 3 unspecified atom stereocenters. The predicted octanol–water partition coefficient (Wildman–Crippen LogP) is 2.15. The highest BCUT2D eigenvalue weighted by atomic mass is 16.2. The van der Waals surface area contributed by atoms with Crippen LogP contribution in [0.1, 0.15) is 45.1 Å². The molecular weight excluding hydrogens is 400 g/mol. The average molecular weight is 443 g/mol. The molecule has 2 fully saturated rings. The Hall–Kier alpha value is -2.12. The van der Waals surface area contributed by atoms with E-state index in [9.17, 15) is 4.79 Å². The highest BCUT2D eigenvalue weighted by Gasteiger charge is 2.31. The van der Waals surface area contributed by atoms with Crippen molar-refractivity contribution in [3.05, 3.63) is 35.9 Å². The van der Waals surface area contributed by atoms with Crippen LogP contribution in [0.25, 0.3) is 0 Å². The van der Waals surface area contributed by atoms with Gasteiger partial charge >= 0.3 is 0 Å². The highest BCUT2D eigenvalue weighted by Crippen LogP contribution is 2.20. The lowest BCUT2D eigenvalue weighted by Gasteiger charge is -2.25. The Balaban J connectivity index is 1.46. The fourth-order valence-electron chi connectivity index (χ4n) is 4.89. The van der Waals surface area contributed by atoms with Crippen molar-refractivity contribution in [2.24, 2.45) is 4.99 Å². The average Bonchev–Trinajstić information content (AvgIpc) is 3.37. The van der Waals surface area contributed by atoms with Crippen LogP contribution >= 0.6 is 0 Å². The topological polar surface area (TPSA) is 63.2 Å². The molecule has 1 aromatic rings. The van der Waals surface area contributed by atoms with Crippen molar-refractivity contribution in [1.29, 1.82) is 0 Å². The van der Waals surface area contributed by atoms with E-state index >= 15 is 0 Å². The molecule has 2 aliphatic heterocycles. The molecule has 3 atom stereocenters. The van der Waals surface area contributed by atoms with E-state index in [-0.39, 0.29) is 11.9 Å². The number of nitrogens with zero attached hydrogens (tertiary/aromatic N) is 4. The third-order valence-corrected chi connectivity index (χ3v) is 6.58. The van der Waals surface area contributed by atoms with Crippen LogP contribution in [0.2, 0.25) is 0 Å². The van der Waals surface area contributed by atoms with E-state index in [0.717, 1.165) is 70.9 Å². The number of likely N-dealkylation sites (N-methyl/N-ethyl adjacent to an activating group) is 1. The summed E-state index contributed by atoms with van der Waals surface area (Å²) in [6, 6.07) is 11.7. The van der Waals surface area contributed by atoms with Crippen LogP contribution in [0.5, 0.6) is 0 Å². The van der Waals surface area contributed by atoms with Gasteiger partial charge in [-0.15, -0.1) is 0 Å². The van der Waals surface area contributed by atoms with Crippen molar-refractivity contribution in [2.75, 3.05) is 46.8 Å². The van der Waals surface area contributed by atoms with Gasteiger partial charge in [0, 0.05) is 58.9 Å². The fourth-order valence-corrected chi connectivity index (χ4v) is 4.89. The Labute approximate surface area is 194 Å². The van der Waals surface area contributed by atoms with Gasteiger partial charge in [-0.2, -0.15) is 0 Å². The molecule has 0 bridgehead atoms. The molecule has 0 radical (unpaired) electrons. The van der Waals surface area contributed by atoms with Gasteiger partial charge in [-0.05, 0) is 51.6 Å². The predicted molar refractivity (Wildman–Crippen MR) is 132 cm³/mol. The van der Waals surface area contributed by atoms with Crippen LogP contribution in [0.3, 0.4) is 0 Å². The molecule has 7 nitrogen and oxygen atoms in total. The maximum Gasteiger partial charge on any atom is 0.239 e. The van der Waals surface area contributed by atoms with Crippen molar-refractivity contribution in [3.8, 4) is 0 Å². The van der Waals surface area contributed by atoms with Crippen LogP contribution in [0.15, 0.2) is 35.3 Å². The first kappa shape index (κ1) is 24.5. The third-order valence-electron chi connectivity index (χ3n) is 6.58. The SMILES string of the molecule is CCNC(=NCCCN1CCCC1C(=O)N(C)C)NC1CC(C)N(Cc2ccccc2)C1. The number of hydrogen-bond acceptors (Lipinski definition) is 4. The van der Waals surface area contributed by atoms with Crippen molar-refractivity contribution in [1.82, 2.24) is 25.3 Å². The minimum absolute atomic E-state index is 0.0518. The summed E-state index contributed by atoms with van der Waals surface area (Å²) >= 11 is 0. The van der Waals surface area contributed by atoms with E-state index in [0.29, 0.717) is 12.1 Å². The number of benzene rings is 1. The number of nitrogens with one attached hydrogen (secondary N) is 2. The van der Waals surface area contributed by atoms with E-state index in [1.165, 1.54) is 5.56 Å². The molecule has 3 rings (SSSR count). The number of guanidine groups is 1. The van der Waals surface area contributed by atoms with Crippen LogP contribution < -0.4 is 10.6 Å². The smallest absolute Gasteiger partial charge is 0.239 e. The molecular formula is C25H42N6O. The standard InChI is InChI=1S/C25H42N6O/c1-5-26-25(27-14-10-16-30-15-9-13-23(30)24(32)29(3)4)28-22-17-20(2)31(19-22)18-21-11-7-6-8-12-21/h6-8,11-12,20,22-23H,5,9-10,13-19H2,1-4H3,(H2,26,27,28). The van der Waals surface area contributed by atoms with E-state index in [1.807, 2.05) is 14.1 Å². The minimum Gasteiger partial charge on any atom is -0.357 e. The Kier molecular flexibility index (Phi) is 9.36. The molecule has 1 amide bonds. The molecule has 7 heteroatoms. The van der Waals surface area contributed by atoms with Gasteiger partial charge in [0.15, 0.2) is 5.96 Å². The van der Waals surface area contributed by atoms with Crippen molar-refractivity contribution in [2.45, 2.75) is 64.2 Å². The number of aliphatic imine (C=N–C) groups is 1. The van der Waals surface area contributed by atoms with Crippen LogP contribution in [0.4, 0.5) is 0 Å². The van der Waals surface area contributed by atoms with Crippen molar-refractivity contribution >= 4 is 11.9 Å². The van der Waals surface area contributed by atoms with Gasteiger partial charge in [-0.3, -0.25) is 19.6 Å². The summed E-state index contributed by atoms with van der Waals surface area (Å²) in [5.41, 5.74) is 1.37. The third kappa shape index (κ3) is 6.94. The Morgan fingerprint density at radius 2 is 2.00 bits per heavy atom. The summed E-state index contributed by atoms with van der Waals surface area (Å²) in [7, 11) is 3.70. The largest absolute Gasteiger partial charge is 0.357 e. The van der Waals surface area contributed by atoms with E-state index in [1.54, 1.807) is 4.90 Å². The zero-order valence-electron chi connectivity index (χ0n) is 20.4. The van der Waals surface area contributed by atoms with E-state index in [2.05, 4.69) is 64.6 Å². The first-order chi connectivity index (χ1) is 15.5. The molecule has 0 saturated carbocycles. The highest BCUT2D eigenvalue weighted by molar-refractivity contribution is 5.81. The number of carbonyl (C=O) groups excluding carboxylic acids is 1. The lowest BCUT2D eigenvalue weighted by Crippen LogP contribution is -2.45. The monoisotopic (exact) mass is 442 g/mol. The first-order valence-electron chi connectivity index (χ1n) is 12.3. The van der Waals surface area contributed by atoms with Crippen molar-refractivity contribution < 1.29 is 4.79 Å². The van der Waals surface area contributed by atoms with Gasteiger partial charge < -0.3 is 15.5 Å². The quantitative estimate of drug-likeness (QED) is 0.349. The number of hydrogen-bond donors (Lipinski definition) is 2. The Morgan fingerprint density at radius 3 is 2.72 bits per heavy atom. The van der Waals surface area contributed by atoms with Gasteiger partial charge in [-0.1, -0.05) is 30.3 Å². The summed E-state index contributed by atoms with van der Waals surface area (Å²) < 4.78 is 0. The van der Waals surface area contributed by atoms with Gasteiger partial charge in [0.1, 0.15) is 0 Å². The normalized spacial score (nSPS) is 24.6. The number of rotatable bonds is 9. The van der Waals surface area contributed by atoms with E-state index in [4.69, 9.17) is 4.99 Å². The second-order valence-corrected chi connectivity index (χ2v) is 9.38. The van der Waals surface area contributed by atoms with Crippen LogP contribution in [-0.4, -0.2) is 91.5 Å². The molecule has 0 aromatic heterocycles. The summed E-state index contributed by atoms with van der Waals surface area (Å²) in [5, 5.41) is 7.06. The molecule has 0 aliphatic carbocycles. The molecule has 0 spiro atoms. The Morgan fingerprint density at radius 1 is 1.22 bits per heavy atom. The molecule has 2 heterocycles. The number of likely N-dealkylation sites (tertiary alicyclic amines) is 2. The molecule has 178 valence electrons. The van der Waals surface area contributed by atoms with Crippen LogP contribution in [-0.2, 0) is 11.3 Å². The minimum atomic E-state index is 0.0518. The fraction of sp³-hybridized carbons (Fsp3) is 0.680. The molecule has 2 saturated heterocycles. The zero-order valence-corrected chi connectivity index (χ0v) is 20.4. The molecule has 32 heavy (non-hydrogen) atoms. The van der Waals surface area contributed by atoms with Gasteiger partial charge in [0.25, 0.3) is 0 Å². The first-order valence-corrected chi connectivity index (χ1v) is 12.3. The summed E-state index contributed by atoms with van der Waals surface area (Å²) in [6.45, 7) is 10.0. The number of amides is 1. The lowest BCUT2D eigenvalue weighted by atomic mass is 10.2. The van der Waals surface area contributed by atoms with Crippen LogP contribution in [0, 0.1) is 0 Å². The summed E-state index contributed by atoms with van der Waals surface area (Å²) in [4.78, 5) is 23.8. The summed E-state index contributed by atoms with van der Waals surface area (Å²) in [5.74, 6) is 1.14. The van der Waals surface area contributed by atoms with Gasteiger partial charge in [-0.25, -0.2) is 0 Å². The lowest BCUT2D eigenvalue weighted by molar-refractivity contribution is -0.133. The number of carbonyl (C=O) groups is 1. The van der Waals surface area contributed by atoms with E-state index < -0.39 is 0 Å². The molecule has 1 aromatic carbocycles. The Bertz CT molecular complexity index is 737. The second kappa shape index (κ2) is 12.2. The molecule has 2 aliphatic rings. The maximum absolute atomic E-state index is 12.4. The summed E-state index contributed by atoms with van der Waals surface area (Å²) in [6.07, 6.45) is 4.18. The van der Waals surface area contributed by atoms with Gasteiger partial charge in [0.05, 0.1) is 6.04 Å². The zero-order chi connectivity index (χ0) is 22.9. The maximum atomic E-state index is 12.4. The second-order valence-electron chi connectivity index (χ2n) is 9.38. The van der Waals surface area contributed by atoms with Gasteiger partial charge in [0.2, 0.25) is 5.91 Å². The molecule has 2 N–H and O–H groups in total.